The molecule has 1 atom stereocenters. The molecule has 9 heteroatoms. The first-order valence-corrected chi connectivity index (χ1v) is 13.5. The first-order valence-electron chi connectivity index (χ1n) is 13.1. The molecule has 8 nitrogen and oxygen atoms in total. The maximum Gasteiger partial charge on any atom is 0.294 e. The number of nitrogens with one attached hydrogen (secondary N) is 3. The van der Waals surface area contributed by atoms with Crippen molar-refractivity contribution < 1.29 is 4.79 Å². The molecule has 1 aliphatic rings. The van der Waals surface area contributed by atoms with Gasteiger partial charge in [0.25, 0.3) is 5.56 Å². The summed E-state index contributed by atoms with van der Waals surface area (Å²) in [6.07, 6.45) is 3.67. The Balaban J connectivity index is 1.54. The molecule has 5 N–H and O–H groups in total. The van der Waals surface area contributed by atoms with Crippen LogP contribution in [0, 0.1) is 5.41 Å². The lowest BCUT2D eigenvalue weighted by atomic mass is 9.77. The van der Waals surface area contributed by atoms with E-state index in [2.05, 4.69) is 41.6 Å². The van der Waals surface area contributed by atoms with E-state index in [1.165, 1.54) is 5.56 Å². The van der Waals surface area contributed by atoms with E-state index in [0.29, 0.717) is 30.8 Å². The van der Waals surface area contributed by atoms with Crippen molar-refractivity contribution in [1.82, 2.24) is 14.9 Å². The van der Waals surface area contributed by atoms with Crippen LogP contribution >= 0.6 is 11.6 Å². The second-order valence-electron chi connectivity index (χ2n) is 9.83. The van der Waals surface area contributed by atoms with Crippen LogP contribution in [0.1, 0.15) is 68.0 Å². The number of nitrogens with two attached hydrogens (primary N) is 1. The number of carbonyl (C=O) groups excluding carboxylic acids is 1. The van der Waals surface area contributed by atoms with Crippen molar-refractivity contribution in [1.29, 1.82) is 5.41 Å². The van der Waals surface area contributed by atoms with Gasteiger partial charge in [-0.05, 0) is 43.2 Å². The van der Waals surface area contributed by atoms with Gasteiger partial charge in [0, 0.05) is 24.1 Å². The van der Waals surface area contributed by atoms with E-state index < -0.39 is 11.5 Å². The molecule has 200 valence electrons. The van der Waals surface area contributed by atoms with Gasteiger partial charge in [0.1, 0.15) is 11.9 Å². The third kappa shape index (κ3) is 5.60. The van der Waals surface area contributed by atoms with Crippen molar-refractivity contribution in [3.05, 3.63) is 92.5 Å². The lowest BCUT2D eigenvalue weighted by molar-refractivity contribution is -0.124. The van der Waals surface area contributed by atoms with E-state index in [4.69, 9.17) is 22.7 Å². The minimum atomic E-state index is -0.681. The number of amidine groups is 1. The lowest BCUT2D eigenvalue weighted by Gasteiger charge is -2.27. The second kappa shape index (κ2) is 11.8. The molecule has 2 heterocycles. The average Bonchev–Trinajstić information content (AvgIpc) is 3.30. The topological polar surface area (TPSA) is 126 Å². The number of rotatable bonds is 11. The monoisotopic (exact) mass is 534 g/mol. The quantitative estimate of drug-likeness (QED) is 0.163. The maximum atomic E-state index is 13.7. The highest BCUT2D eigenvalue weighted by molar-refractivity contribution is 6.30. The summed E-state index contributed by atoms with van der Waals surface area (Å²) < 4.78 is 1.57. The summed E-state index contributed by atoms with van der Waals surface area (Å²) in [5.41, 5.74) is 8.18. The van der Waals surface area contributed by atoms with Gasteiger partial charge in [0.15, 0.2) is 11.0 Å². The Labute approximate surface area is 228 Å². The van der Waals surface area contributed by atoms with E-state index in [-0.39, 0.29) is 28.3 Å². The van der Waals surface area contributed by atoms with Crippen LogP contribution in [0.4, 0.5) is 5.82 Å². The van der Waals surface area contributed by atoms with E-state index in [0.717, 1.165) is 31.2 Å². The number of fused-ring (bicyclic) bond motifs is 1. The molecule has 2 aromatic carbocycles. The molecular formula is C29H35ClN6O2. The van der Waals surface area contributed by atoms with Crippen LogP contribution in [0.25, 0.3) is 0 Å². The van der Waals surface area contributed by atoms with Crippen LogP contribution in [0.15, 0.2) is 59.4 Å². The SMILES string of the molecule is CCC1(CC)C[C@@H](C(=O)NCc2ccc(C(=N)N)cc2)n2c1c(Cl)nc(NCCCc1ccccc1)c2=O. The Kier molecular flexibility index (Phi) is 8.52. The molecule has 0 saturated carbocycles. The molecule has 0 spiro atoms. The molecule has 3 aromatic rings. The number of amides is 1. The summed E-state index contributed by atoms with van der Waals surface area (Å²) in [6.45, 7) is 4.97. The fourth-order valence-electron chi connectivity index (χ4n) is 5.30. The minimum absolute atomic E-state index is 0.00652. The highest BCUT2D eigenvalue weighted by Crippen LogP contribution is 2.47. The molecular weight excluding hydrogens is 500 g/mol. The molecule has 1 amide bonds. The lowest BCUT2D eigenvalue weighted by Crippen LogP contribution is -2.36. The van der Waals surface area contributed by atoms with Crippen LogP contribution in [0.2, 0.25) is 5.15 Å². The number of hydrogen-bond donors (Lipinski definition) is 4. The van der Waals surface area contributed by atoms with E-state index in [1.807, 2.05) is 30.3 Å². The molecule has 1 aliphatic heterocycles. The highest BCUT2D eigenvalue weighted by atomic mass is 35.5. The third-order valence-electron chi connectivity index (χ3n) is 7.63. The van der Waals surface area contributed by atoms with Crippen LogP contribution in [0.5, 0.6) is 0 Å². The molecule has 1 aromatic heterocycles. The van der Waals surface area contributed by atoms with E-state index >= 15 is 0 Å². The number of nitrogen functional groups attached to an aromatic ring is 1. The first kappa shape index (κ1) is 27.4. The Bertz CT molecular complexity index is 1350. The van der Waals surface area contributed by atoms with Crippen LogP contribution in [-0.4, -0.2) is 27.8 Å². The third-order valence-corrected chi connectivity index (χ3v) is 7.89. The van der Waals surface area contributed by atoms with Gasteiger partial charge in [-0.25, -0.2) is 4.98 Å². The maximum absolute atomic E-state index is 13.7. The van der Waals surface area contributed by atoms with Gasteiger partial charge in [0.05, 0.1) is 5.69 Å². The number of hydrogen-bond acceptors (Lipinski definition) is 5. The van der Waals surface area contributed by atoms with Gasteiger partial charge in [0.2, 0.25) is 5.91 Å². The second-order valence-corrected chi connectivity index (χ2v) is 10.2. The summed E-state index contributed by atoms with van der Waals surface area (Å²) in [5.74, 6) is -0.0644. The number of carbonyl (C=O) groups is 1. The van der Waals surface area contributed by atoms with Gasteiger partial charge in [-0.2, -0.15) is 0 Å². The largest absolute Gasteiger partial charge is 0.384 e. The number of nitrogens with zero attached hydrogens (tertiary/aromatic N) is 2. The van der Waals surface area contributed by atoms with Gasteiger partial charge in [-0.3, -0.25) is 19.6 Å². The summed E-state index contributed by atoms with van der Waals surface area (Å²) in [4.78, 5) is 31.6. The Morgan fingerprint density at radius 3 is 2.45 bits per heavy atom. The summed E-state index contributed by atoms with van der Waals surface area (Å²) in [7, 11) is 0. The van der Waals surface area contributed by atoms with Crippen LogP contribution < -0.4 is 21.9 Å². The zero-order valence-electron chi connectivity index (χ0n) is 21.9. The normalized spacial score (nSPS) is 15.6. The zero-order chi connectivity index (χ0) is 27.3. The fourth-order valence-corrected chi connectivity index (χ4v) is 5.67. The molecule has 0 aliphatic carbocycles. The Morgan fingerprint density at radius 2 is 1.82 bits per heavy atom. The number of anilines is 1. The van der Waals surface area contributed by atoms with Crippen molar-refractivity contribution in [2.45, 2.75) is 64.0 Å². The van der Waals surface area contributed by atoms with E-state index in [9.17, 15) is 9.59 Å². The number of aryl methyl sites for hydroxylation is 1. The van der Waals surface area contributed by atoms with Crippen molar-refractivity contribution in [3.8, 4) is 0 Å². The summed E-state index contributed by atoms with van der Waals surface area (Å²) in [5, 5.41) is 14.0. The van der Waals surface area contributed by atoms with Crippen molar-refractivity contribution in [2.24, 2.45) is 5.73 Å². The number of benzene rings is 2. The zero-order valence-corrected chi connectivity index (χ0v) is 22.6. The molecule has 0 bridgehead atoms. The number of aromatic nitrogens is 2. The smallest absolute Gasteiger partial charge is 0.294 e. The minimum Gasteiger partial charge on any atom is -0.384 e. The van der Waals surface area contributed by atoms with Crippen LogP contribution in [-0.2, 0) is 23.2 Å². The highest BCUT2D eigenvalue weighted by Gasteiger charge is 2.47. The molecule has 38 heavy (non-hydrogen) atoms. The Hall–Kier alpha value is -3.65. The van der Waals surface area contributed by atoms with Crippen LogP contribution in [0.3, 0.4) is 0 Å². The predicted molar refractivity (Wildman–Crippen MR) is 152 cm³/mol. The molecule has 0 fully saturated rings. The van der Waals surface area contributed by atoms with Crippen molar-refractivity contribution >= 4 is 29.2 Å². The first-order chi connectivity index (χ1) is 18.3. The molecule has 4 rings (SSSR count). The molecule has 0 unspecified atom stereocenters. The standard InChI is InChI=1S/C29H35ClN6O2/c1-3-29(4-2)17-22(27(37)34-18-20-12-14-21(15-13-20)25(31)32)36-23(29)24(30)35-26(28(36)38)33-16-8-11-19-9-6-5-7-10-19/h5-7,9-10,12-15,22H,3-4,8,11,16-18H2,1-2H3,(H3,31,32)(H,33,35)(H,34,37)/t22-/m0/s1. The number of halogens is 1. The van der Waals surface area contributed by atoms with E-state index in [1.54, 1.807) is 16.7 Å². The van der Waals surface area contributed by atoms with Gasteiger partial charge >= 0.3 is 0 Å². The summed E-state index contributed by atoms with van der Waals surface area (Å²) in [6, 6.07) is 16.6. The molecule has 0 saturated heterocycles. The summed E-state index contributed by atoms with van der Waals surface area (Å²) >= 11 is 6.71. The predicted octanol–water partition coefficient (Wildman–Crippen LogP) is 4.54. The van der Waals surface area contributed by atoms with Gasteiger partial charge in [-0.15, -0.1) is 0 Å². The Morgan fingerprint density at radius 1 is 1.13 bits per heavy atom. The molecule has 0 radical (unpaired) electrons. The fraction of sp³-hybridized carbons (Fsp3) is 0.379. The van der Waals surface area contributed by atoms with Crippen molar-refractivity contribution in [3.63, 3.8) is 0 Å². The van der Waals surface area contributed by atoms with Crippen molar-refractivity contribution in [2.75, 3.05) is 11.9 Å². The van der Waals surface area contributed by atoms with Gasteiger partial charge < -0.3 is 16.4 Å². The average molecular weight is 535 g/mol. The van der Waals surface area contributed by atoms with Gasteiger partial charge in [-0.1, -0.05) is 80.0 Å².